The Morgan fingerprint density at radius 1 is 0.920 bits per heavy atom. The monoisotopic (exact) mass is 352 g/mol. The number of nitrogens with one attached hydrogen (secondary N) is 1. The lowest BCUT2D eigenvalue weighted by atomic mass is 9.90. The predicted octanol–water partition coefficient (Wildman–Crippen LogP) is 5.26. The van der Waals surface area contributed by atoms with E-state index in [0.29, 0.717) is 0 Å². The largest absolute Gasteiger partial charge is 0.317 e. The summed E-state index contributed by atoms with van der Waals surface area (Å²) in [5, 5.41) is 4.77. The number of nitrogens with zero attached hydrogens (tertiary/aromatic N) is 1. The van der Waals surface area contributed by atoms with Gasteiger partial charge in [0.1, 0.15) is 0 Å². The highest BCUT2D eigenvalue weighted by Gasteiger charge is 2.14. The molecule has 1 N–H and O–H groups in total. The second-order valence-corrected chi connectivity index (χ2v) is 6.78. The van der Waals surface area contributed by atoms with Crippen LogP contribution in [0.25, 0.3) is 22.2 Å². The first-order valence-electron chi connectivity index (χ1n) is 9.05. The van der Waals surface area contributed by atoms with Crippen LogP contribution < -0.4 is 5.32 Å². The second-order valence-electron chi connectivity index (χ2n) is 6.78. The zero-order valence-electron chi connectivity index (χ0n) is 14.4. The number of para-hydroxylation sites is 1. The number of pyridine rings is 1. The fourth-order valence-corrected chi connectivity index (χ4v) is 3.74. The molecule has 1 aromatic heterocycles. The Balaban J connectivity index is 0.00000182. The van der Waals surface area contributed by atoms with Crippen molar-refractivity contribution < 1.29 is 0 Å². The maximum absolute atomic E-state index is 4.89. The number of aryl methyl sites for hydroxylation is 1. The molecule has 25 heavy (non-hydrogen) atoms. The van der Waals surface area contributed by atoms with Gasteiger partial charge in [0.15, 0.2) is 0 Å². The first kappa shape index (κ1) is 17.9. The quantitative estimate of drug-likeness (QED) is 0.693. The lowest BCUT2D eigenvalue weighted by Gasteiger charge is -2.22. The van der Waals surface area contributed by atoms with Crippen LogP contribution in [0.5, 0.6) is 0 Å². The normalized spacial score (nSPS) is 15.0. The molecule has 1 aliphatic rings. The summed E-state index contributed by atoms with van der Waals surface area (Å²) in [5.41, 5.74) is 4.85. The molecule has 0 amide bonds. The Labute approximate surface area is 156 Å². The van der Waals surface area contributed by atoms with Crippen LogP contribution in [0.15, 0.2) is 60.7 Å². The zero-order valence-corrected chi connectivity index (χ0v) is 15.3. The van der Waals surface area contributed by atoms with Crippen molar-refractivity contribution >= 4 is 23.3 Å². The Hall–Kier alpha value is -1.90. The third kappa shape index (κ3) is 4.20. The van der Waals surface area contributed by atoms with Crippen LogP contribution in [0, 0.1) is 5.92 Å². The molecule has 1 saturated heterocycles. The van der Waals surface area contributed by atoms with Crippen molar-refractivity contribution in [3.8, 4) is 11.3 Å². The average molecular weight is 353 g/mol. The molecule has 2 nitrogen and oxygen atoms in total. The SMILES string of the molecule is Cl.c1ccc(-c2cc(CCC3CCNCC3)c3ccccc3n2)cc1. The Bertz CT molecular complexity index is 811. The summed E-state index contributed by atoms with van der Waals surface area (Å²) >= 11 is 0. The van der Waals surface area contributed by atoms with E-state index in [1.54, 1.807) is 0 Å². The van der Waals surface area contributed by atoms with E-state index >= 15 is 0 Å². The summed E-state index contributed by atoms with van der Waals surface area (Å²) < 4.78 is 0. The smallest absolute Gasteiger partial charge is 0.0712 e. The third-order valence-corrected chi connectivity index (χ3v) is 5.15. The molecule has 0 spiro atoms. The predicted molar refractivity (Wildman–Crippen MR) is 108 cm³/mol. The van der Waals surface area contributed by atoms with Crippen LogP contribution in [0.1, 0.15) is 24.8 Å². The summed E-state index contributed by atoms with van der Waals surface area (Å²) in [6, 6.07) is 21.4. The molecule has 0 saturated carbocycles. The van der Waals surface area contributed by atoms with Crippen molar-refractivity contribution in [2.45, 2.75) is 25.7 Å². The van der Waals surface area contributed by atoms with Gasteiger partial charge in [0, 0.05) is 10.9 Å². The molecule has 0 bridgehead atoms. The molecular weight excluding hydrogens is 328 g/mol. The molecular formula is C22H25ClN2. The van der Waals surface area contributed by atoms with Crippen LogP contribution in [0.3, 0.4) is 0 Å². The first-order valence-corrected chi connectivity index (χ1v) is 9.05. The lowest BCUT2D eigenvalue weighted by molar-refractivity contribution is 0.354. The van der Waals surface area contributed by atoms with Gasteiger partial charge in [-0.2, -0.15) is 0 Å². The number of hydrogen-bond donors (Lipinski definition) is 1. The lowest BCUT2D eigenvalue weighted by Crippen LogP contribution is -2.27. The molecule has 3 aromatic rings. The summed E-state index contributed by atoms with van der Waals surface area (Å²) in [4.78, 5) is 4.89. The minimum Gasteiger partial charge on any atom is -0.317 e. The third-order valence-electron chi connectivity index (χ3n) is 5.15. The van der Waals surface area contributed by atoms with Crippen LogP contribution in [-0.4, -0.2) is 18.1 Å². The van der Waals surface area contributed by atoms with Crippen molar-refractivity contribution in [1.29, 1.82) is 0 Å². The van der Waals surface area contributed by atoms with Gasteiger partial charge in [0.05, 0.1) is 11.2 Å². The number of hydrogen-bond acceptors (Lipinski definition) is 2. The highest BCUT2D eigenvalue weighted by Crippen LogP contribution is 2.27. The maximum atomic E-state index is 4.89. The van der Waals surface area contributed by atoms with Gasteiger partial charge in [-0.1, -0.05) is 48.5 Å². The highest BCUT2D eigenvalue weighted by molar-refractivity contribution is 5.85. The minimum atomic E-state index is 0. The van der Waals surface area contributed by atoms with Crippen molar-refractivity contribution in [2.24, 2.45) is 5.92 Å². The van der Waals surface area contributed by atoms with Crippen LogP contribution in [0.4, 0.5) is 0 Å². The number of aromatic nitrogens is 1. The molecule has 2 heterocycles. The molecule has 0 unspecified atom stereocenters. The summed E-state index contributed by atoms with van der Waals surface area (Å²) in [7, 11) is 0. The molecule has 130 valence electrons. The van der Waals surface area contributed by atoms with Crippen molar-refractivity contribution in [2.75, 3.05) is 13.1 Å². The number of fused-ring (bicyclic) bond motifs is 1. The molecule has 1 aliphatic heterocycles. The average Bonchev–Trinajstić information content (AvgIpc) is 2.67. The Morgan fingerprint density at radius 3 is 2.44 bits per heavy atom. The van der Waals surface area contributed by atoms with Crippen molar-refractivity contribution in [3.05, 3.63) is 66.2 Å². The van der Waals surface area contributed by atoms with Crippen LogP contribution in [0.2, 0.25) is 0 Å². The molecule has 0 aliphatic carbocycles. The van der Waals surface area contributed by atoms with E-state index in [1.807, 2.05) is 0 Å². The number of rotatable bonds is 4. The van der Waals surface area contributed by atoms with Gasteiger partial charge in [-0.05, 0) is 62.4 Å². The van der Waals surface area contributed by atoms with E-state index in [4.69, 9.17) is 4.98 Å². The first-order chi connectivity index (χ1) is 11.9. The van der Waals surface area contributed by atoms with E-state index in [2.05, 4.69) is 66.0 Å². The van der Waals surface area contributed by atoms with E-state index < -0.39 is 0 Å². The highest BCUT2D eigenvalue weighted by atomic mass is 35.5. The standard InChI is InChI=1S/C22H24N2.ClH/c1-2-6-18(7-3-1)22-16-19(11-10-17-12-14-23-15-13-17)20-8-4-5-9-21(20)24-22;/h1-9,16-17,23H,10-15H2;1H. The second kappa shape index (κ2) is 8.46. The minimum absolute atomic E-state index is 0. The Morgan fingerprint density at radius 2 is 1.64 bits per heavy atom. The van der Waals surface area contributed by atoms with E-state index in [9.17, 15) is 0 Å². The summed E-state index contributed by atoms with van der Waals surface area (Å²) in [5.74, 6) is 0.860. The zero-order chi connectivity index (χ0) is 16.2. The van der Waals surface area contributed by atoms with Crippen molar-refractivity contribution in [3.63, 3.8) is 0 Å². The van der Waals surface area contributed by atoms with Gasteiger partial charge in [0.2, 0.25) is 0 Å². The van der Waals surface area contributed by atoms with Gasteiger partial charge in [-0.3, -0.25) is 0 Å². The molecule has 4 rings (SSSR count). The Kier molecular flexibility index (Phi) is 6.06. The summed E-state index contributed by atoms with van der Waals surface area (Å²) in [6.07, 6.45) is 5.06. The molecule has 3 heteroatoms. The molecule has 2 aromatic carbocycles. The maximum Gasteiger partial charge on any atom is 0.0712 e. The van der Waals surface area contributed by atoms with Gasteiger partial charge < -0.3 is 5.32 Å². The van der Waals surface area contributed by atoms with Gasteiger partial charge in [-0.25, -0.2) is 4.98 Å². The molecule has 0 atom stereocenters. The van der Waals surface area contributed by atoms with Gasteiger partial charge in [-0.15, -0.1) is 12.4 Å². The fourth-order valence-electron chi connectivity index (χ4n) is 3.74. The number of benzene rings is 2. The van der Waals surface area contributed by atoms with Gasteiger partial charge in [0.25, 0.3) is 0 Å². The van der Waals surface area contributed by atoms with E-state index in [0.717, 1.165) is 23.5 Å². The van der Waals surface area contributed by atoms with Crippen LogP contribution in [-0.2, 0) is 6.42 Å². The fraction of sp³-hybridized carbons (Fsp3) is 0.318. The topological polar surface area (TPSA) is 24.9 Å². The molecule has 1 fully saturated rings. The summed E-state index contributed by atoms with van der Waals surface area (Å²) in [6.45, 7) is 2.36. The van der Waals surface area contributed by atoms with Gasteiger partial charge >= 0.3 is 0 Å². The van der Waals surface area contributed by atoms with Crippen LogP contribution >= 0.6 is 12.4 Å². The van der Waals surface area contributed by atoms with E-state index in [-0.39, 0.29) is 12.4 Å². The molecule has 0 radical (unpaired) electrons. The number of piperidine rings is 1. The number of halogens is 1. The van der Waals surface area contributed by atoms with E-state index in [1.165, 1.54) is 48.9 Å². The van der Waals surface area contributed by atoms with Crippen molar-refractivity contribution in [1.82, 2.24) is 10.3 Å².